The fourth-order valence-corrected chi connectivity index (χ4v) is 4.73. The van der Waals surface area contributed by atoms with Gasteiger partial charge in [0, 0.05) is 37.9 Å². The molecule has 28 heavy (non-hydrogen) atoms. The van der Waals surface area contributed by atoms with Gasteiger partial charge in [-0.25, -0.2) is 0 Å². The largest absolute Gasteiger partial charge is 0.338 e. The highest BCUT2D eigenvalue weighted by atomic mass is 16.2. The molecule has 1 amide bonds. The van der Waals surface area contributed by atoms with Gasteiger partial charge >= 0.3 is 0 Å². The van der Waals surface area contributed by atoms with Crippen molar-refractivity contribution < 1.29 is 4.79 Å². The number of carbonyl (C=O) groups excluding carboxylic acids is 1. The maximum atomic E-state index is 13.1. The summed E-state index contributed by atoms with van der Waals surface area (Å²) in [7, 11) is 0. The summed E-state index contributed by atoms with van der Waals surface area (Å²) >= 11 is 0. The quantitative estimate of drug-likeness (QED) is 0.766. The van der Waals surface area contributed by atoms with E-state index in [2.05, 4.69) is 40.8 Å². The highest BCUT2D eigenvalue weighted by molar-refractivity contribution is 5.96. The SMILES string of the molecule is C=CCn1nc(C)c(C(=O)N2CCC(N3CCc4ccccc4C3)CC2)c1C. The van der Waals surface area contributed by atoms with Gasteiger partial charge in [0.2, 0.25) is 0 Å². The molecule has 1 aromatic heterocycles. The van der Waals surface area contributed by atoms with Crippen LogP contribution < -0.4 is 0 Å². The third-order valence-corrected chi connectivity index (χ3v) is 6.33. The molecule has 1 aromatic carbocycles. The normalized spacial score (nSPS) is 18.1. The Bertz CT molecular complexity index is 877. The molecule has 1 saturated heterocycles. The summed E-state index contributed by atoms with van der Waals surface area (Å²) in [5.41, 5.74) is 5.49. The van der Waals surface area contributed by atoms with Crippen LogP contribution >= 0.6 is 0 Å². The first-order valence-corrected chi connectivity index (χ1v) is 10.3. The average molecular weight is 379 g/mol. The number of aryl methyl sites for hydroxylation is 1. The minimum Gasteiger partial charge on any atom is -0.338 e. The molecule has 0 atom stereocenters. The van der Waals surface area contributed by atoms with Crippen LogP contribution in [0.5, 0.6) is 0 Å². The number of hydrogen-bond acceptors (Lipinski definition) is 3. The van der Waals surface area contributed by atoms with Crippen molar-refractivity contribution in [2.75, 3.05) is 19.6 Å². The Kier molecular flexibility index (Phi) is 5.36. The van der Waals surface area contributed by atoms with Gasteiger partial charge in [-0.15, -0.1) is 6.58 Å². The molecule has 4 rings (SSSR count). The van der Waals surface area contributed by atoms with Gasteiger partial charge in [0.25, 0.3) is 5.91 Å². The van der Waals surface area contributed by atoms with Crippen molar-refractivity contribution in [1.82, 2.24) is 19.6 Å². The van der Waals surface area contributed by atoms with Crippen molar-refractivity contribution in [2.24, 2.45) is 0 Å². The van der Waals surface area contributed by atoms with Crippen molar-refractivity contribution in [2.45, 2.75) is 52.2 Å². The Hall–Kier alpha value is -2.40. The second-order valence-corrected chi connectivity index (χ2v) is 8.03. The Morgan fingerprint density at radius 3 is 2.61 bits per heavy atom. The van der Waals surface area contributed by atoms with Crippen LogP contribution in [0.4, 0.5) is 0 Å². The van der Waals surface area contributed by atoms with E-state index < -0.39 is 0 Å². The summed E-state index contributed by atoms with van der Waals surface area (Å²) in [6.07, 6.45) is 5.05. The number of fused-ring (bicyclic) bond motifs is 1. The lowest BCUT2D eigenvalue weighted by atomic mass is 9.95. The van der Waals surface area contributed by atoms with Crippen molar-refractivity contribution in [3.8, 4) is 0 Å². The molecule has 148 valence electrons. The molecule has 0 bridgehead atoms. The molecule has 1 fully saturated rings. The molecule has 2 aromatic rings. The molecule has 0 aliphatic carbocycles. The van der Waals surface area contributed by atoms with E-state index in [1.165, 1.54) is 11.1 Å². The van der Waals surface area contributed by atoms with E-state index in [0.29, 0.717) is 12.6 Å². The number of likely N-dealkylation sites (tertiary alicyclic amines) is 1. The number of piperidine rings is 1. The van der Waals surface area contributed by atoms with E-state index in [1.54, 1.807) is 0 Å². The molecule has 2 aliphatic rings. The number of allylic oxidation sites excluding steroid dienone is 1. The smallest absolute Gasteiger partial charge is 0.257 e. The van der Waals surface area contributed by atoms with E-state index in [1.807, 2.05) is 29.5 Å². The summed E-state index contributed by atoms with van der Waals surface area (Å²) in [5.74, 6) is 0.132. The number of nitrogens with zero attached hydrogens (tertiary/aromatic N) is 4. The topological polar surface area (TPSA) is 41.4 Å². The van der Waals surface area contributed by atoms with Crippen LogP contribution in [-0.4, -0.2) is 51.2 Å². The van der Waals surface area contributed by atoms with Crippen LogP contribution in [0.25, 0.3) is 0 Å². The maximum Gasteiger partial charge on any atom is 0.257 e. The molecule has 0 unspecified atom stereocenters. The Morgan fingerprint density at radius 2 is 1.89 bits per heavy atom. The van der Waals surface area contributed by atoms with Gasteiger partial charge in [-0.1, -0.05) is 30.3 Å². The Labute approximate surface area is 167 Å². The number of aromatic nitrogens is 2. The molecule has 0 N–H and O–H groups in total. The molecule has 2 aliphatic heterocycles. The van der Waals surface area contributed by atoms with E-state index in [0.717, 1.165) is 62.4 Å². The number of benzene rings is 1. The lowest BCUT2D eigenvalue weighted by molar-refractivity contribution is 0.0598. The van der Waals surface area contributed by atoms with Crippen LogP contribution in [0.1, 0.15) is 45.7 Å². The monoisotopic (exact) mass is 378 g/mol. The van der Waals surface area contributed by atoms with Gasteiger partial charge in [-0.05, 0) is 44.2 Å². The van der Waals surface area contributed by atoms with Crippen LogP contribution in [0.3, 0.4) is 0 Å². The zero-order chi connectivity index (χ0) is 19.7. The summed E-state index contributed by atoms with van der Waals surface area (Å²) in [5, 5.41) is 4.52. The standard InChI is InChI=1S/C23H30N4O/c1-4-12-27-18(3)22(17(2)24-27)23(28)25-14-10-21(11-15-25)26-13-9-19-7-5-6-8-20(19)16-26/h4-8,21H,1,9-16H2,2-3H3. The predicted molar refractivity (Wildman–Crippen MR) is 111 cm³/mol. The van der Waals surface area contributed by atoms with Gasteiger partial charge in [0.1, 0.15) is 0 Å². The molecular formula is C23H30N4O. The molecule has 3 heterocycles. The lowest BCUT2D eigenvalue weighted by Crippen LogP contribution is -2.48. The highest BCUT2D eigenvalue weighted by Gasteiger charge is 2.31. The predicted octanol–water partition coefficient (Wildman–Crippen LogP) is 3.35. The van der Waals surface area contributed by atoms with Crippen LogP contribution in [0, 0.1) is 13.8 Å². The molecule has 0 spiro atoms. The first-order chi connectivity index (χ1) is 13.6. The van der Waals surface area contributed by atoms with Gasteiger partial charge in [0.05, 0.1) is 17.8 Å². The van der Waals surface area contributed by atoms with Gasteiger partial charge in [-0.3, -0.25) is 14.4 Å². The summed E-state index contributed by atoms with van der Waals surface area (Å²) in [6, 6.07) is 9.36. The van der Waals surface area contributed by atoms with E-state index in [-0.39, 0.29) is 5.91 Å². The van der Waals surface area contributed by atoms with Crippen LogP contribution in [0.15, 0.2) is 36.9 Å². The van der Waals surface area contributed by atoms with Crippen molar-refractivity contribution in [3.63, 3.8) is 0 Å². The molecule has 0 saturated carbocycles. The summed E-state index contributed by atoms with van der Waals surface area (Å²) in [4.78, 5) is 17.8. The van der Waals surface area contributed by atoms with Gasteiger partial charge in [-0.2, -0.15) is 5.10 Å². The summed E-state index contributed by atoms with van der Waals surface area (Å²) in [6.45, 7) is 12.1. The van der Waals surface area contributed by atoms with Crippen LogP contribution in [-0.2, 0) is 19.5 Å². The van der Waals surface area contributed by atoms with E-state index in [4.69, 9.17) is 0 Å². The zero-order valence-corrected chi connectivity index (χ0v) is 17.0. The van der Waals surface area contributed by atoms with Gasteiger partial charge < -0.3 is 4.90 Å². The first kappa shape index (κ1) is 18.9. The third-order valence-electron chi connectivity index (χ3n) is 6.33. The molecule has 5 nitrogen and oxygen atoms in total. The highest BCUT2D eigenvalue weighted by Crippen LogP contribution is 2.26. The van der Waals surface area contributed by atoms with Crippen molar-refractivity contribution >= 4 is 5.91 Å². The zero-order valence-electron chi connectivity index (χ0n) is 17.0. The van der Waals surface area contributed by atoms with Crippen molar-refractivity contribution in [1.29, 1.82) is 0 Å². The maximum absolute atomic E-state index is 13.1. The average Bonchev–Trinajstić information content (AvgIpc) is 3.00. The Morgan fingerprint density at radius 1 is 1.18 bits per heavy atom. The fraction of sp³-hybridized carbons (Fsp3) is 0.478. The second kappa shape index (κ2) is 7.92. The Balaban J connectivity index is 1.40. The minimum absolute atomic E-state index is 0.132. The molecular weight excluding hydrogens is 348 g/mol. The molecule has 0 radical (unpaired) electrons. The first-order valence-electron chi connectivity index (χ1n) is 10.3. The van der Waals surface area contributed by atoms with Crippen LogP contribution in [0.2, 0.25) is 0 Å². The number of carbonyl (C=O) groups is 1. The summed E-state index contributed by atoms with van der Waals surface area (Å²) < 4.78 is 1.87. The lowest BCUT2D eigenvalue weighted by Gasteiger charge is -2.40. The molecule has 5 heteroatoms. The van der Waals surface area contributed by atoms with E-state index in [9.17, 15) is 4.79 Å². The van der Waals surface area contributed by atoms with Crippen molar-refractivity contribution in [3.05, 3.63) is 65.0 Å². The van der Waals surface area contributed by atoms with E-state index >= 15 is 0 Å². The fourth-order valence-electron chi connectivity index (χ4n) is 4.73. The second-order valence-electron chi connectivity index (χ2n) is 8.03. The number of hydrogen-bond donors (Lipinski definition) is 0. The number of amides is 1. The third kappa shape index (κ3) is 3.51. The van der Waals surface area contributed by atoms with Gasteiger partial charge in [0.15, 0.2) is 0 Å². The minimum atomic E-state index is 0.132. The number of rotatable bonds is 4.